The zero-order valence-corrected chi connectivity index (χ0v) is 11.1. The van der Waals surface area contributed by atoms with E-state index in [2.05, 4.69) is 9.97 Å². The second-order valence-corrected chi connectivity index (χ2v) is 5.03. The van der Waals surface area contributed by atoms with Crippen LogP contribution in [0.4, 0.5) is 0 Å². The molecule has 0 radical (unpaired) electrons. The predicted octanol–water partition coefficient (Wildman–Crippen LogP) is 2.08. The van der Waals surface area contributed by atoms with E-state index in [9.17, 15) is 4.79 Å². The number of nitrogens with zero attached hydrogens (tertiary/aromatic N) is 1. The fraction of sp³-hybridized carbons (Fsp3) is 0.167. The molecule has 18 heavy (non-hydrogen) atoms. The third kappa shape index (κ3) is 3.13. The highest BCUT2D eigenvalue weighted by Gasteiger charge is 2.08. The van der Waals surface area contributed by atoms with Gasteiger partial charge in [0.25, 0.3) is 5.56 Å². The Bertz CT molecular complexity index is 600. The maximum absolute atomic E-state index is 11.2. The minimum Gasteiger partial charge on any atom is -0.330 e. The Hall–Kier alpha value is -1.30. The highest BCUT2D eigenvalue weighted by Crippen LogP contribution is 2.31. The molecular formula is C12H12ClN3OS. The highest BCUT2D eigenvalue weighted by atomic mass is 35.5. The lowest BCUT2D eigenvalue weighted by atomic mass is 10.1. The summed E-state index contributed by atoms with van der Waals surface area (Å²) in [7, 11) is 0. The molecule has 4 nitrogen and oxygen atoms in total. The van der Waals surface area contributed by atoms with Crippen LogP contribution in [-0.4, -0.2) is 16.5 Å². The van der Waals surface area contributed by atoms with Gasteiger partial charge in [0.15, 0.2) is 5.16 Å². The molecule has 0 saturated heterocycles. The quantitative estimate of drug-likeness (QED) is 0.842. The van der Waals surface area contributed by atoms with Crippen molar-refractivity contribution < 1.29 is 0 Å². The van der Waals surface area contributed by atoms with Crippen LogP contribution in [0.15, 0.2) is 45.3 Å². The molecule has 0 atom stereocenters. The number of nitrogens with one attached hydrogen (secondary N) is 1. The van der Waals surface area contributed by atoms with Gasteiger partial charge >= 0.3 is 0 Å². The number of hydrogen-bond donors (Lipinski definition) is 2. The molecule has 0 unspecified atom stereocenters. The number of halogens is 1. The van der Waals surface area contributed by atoms with Crippen LogP contribution >= 0.6 is 23.4 Å². The molecule has 0 aliphatic carbocycles. The topological polar surface area (TPSA) is 71.8 Å². The molecule has 94 valence electrons. The summed E-state index contributed by atoms with van der Waals surface area (Å²) in [5.41, 5.74) is 6.39. The number of H-pyrrole nitrogens is 1. The van der Waals surface area contributed by atoms with Crippen LogP contribution in [0.25, 0.3) is 0 Å². The Morgan fingerprint density at radius 2 is 2.22 bits per heavy atom. The maximum atomic E-state index is 11.2. The van der Waals surface area contributed by atoms with E-state index in [-0.39, 0.29) is 5.56 Å². The van der Waals surface area contributed by atoms with Gasteiger partial charge in [0.1, 0.15) is 0 Å². The van der Waals surface area contributed by atoms with Gasteiger partial charge in [0.05, 0.1) is 0 Å². The summed E-state index contributed by atoms with van der Waals surface area (Å²) in [6.07, 6.45) is 2.17. The largest absolute Gasteiger partial charge is 0.330 e. The first-order valence-electron chi connectivity index (χ1n) is 5.41. The monoisotopic (exact) mass is 281 g/mol. The van der Waals surface area contributed by atoms with Crippen molar-refractivity contribution in [3.63, 3.8) is 0 Å². The Morgan fingerprint density at radius 3 is 2.94 bits per heavy atom. The van der Waals surface area contributed by atoms with Crippen molar-refractivity contribution in [3.8, 4) is 0 Å². The number of rotatable bonds is 4. The second kappa shape index (κ2) is 6.04. The van der Waals surface area contributed by atoms with Crippen LogP contribution in [0.3, 0.4) is 0 Å². The summed E-state index contributed by atoms with van der Waals surface area (Å²) in [6.45, 7) is 0.524. The zero-order valence-electron chi connectivity index (χ0n) is 9.52. The summed E-state index contributed by atoms with van der Waals surface area (Å²) in [4.78, 5) is 18.9. The average molecular weight is 282 g/mol. The van der Waals surface area contributed by atoms with E-state index in [1.54, 1.807) is 0 Å². The maximum Gasteiger partial charge on any atom is 0.251 e. The minimum atomic E-state index is -0.171. The van der Waals surface area contributed by atoms with Crippen LogP contribution in [-0.2, 0) is 6.42 Å². The molecule has 0 amide bonds. The summed E-state index contributed by atoms with van der Waals surface area (Å²) in [6, 6.07) is 7.01. The first kappa shape index (κ1) is 13.1. The van der Waals surface area contributed by atoms with Gasteiger partial charge in [0, 0.05) is 22.2 Å². The van der Waals surface area contributed by atoms with Gasteiger partial charge in [0.2, 0.25) is 0 Å². The lowest BCUT2D eigenvalue weighted by Gasteiger charge is -2.09. The Kier molecular flexibility index (Phi) is 4.41. The van der Waals surface area contributed by atoms with E-state index in [0.29, 0.717) is 23.1 Å². The van der Waals surface area contributed by atoms with Gasteiger partial charge in [-0.1, -0.05) is 29.4 Å². The molecule has 1 heterocycles. The summed E-state index contributed by atoms with van der Waals surface area (Å²) in [5.74, 6) is 0. The van der Waals surface area contributed by atoms with Crippen LogP contribution in [0.5, 0.6) is 0 Å². The Labute approximate surface area is 114 Å². The fourth-order valence-electron chi connectivity index (χ4n) is 1.53. The van der Waals surface area contributed by atoms with Gasteiger partial charge in [-0.2, -0.15) is 0 Å². The molecule has 2 aromatic rings. The molecule has 0 aliphatic heterocycles. The number of hydrogen-bond acceptors (Lipinski definition) is 4. The SMILES string of the molecule is NCCc1c(Cl)cccc1Sc1nccc(=O)[nH]1. The number of benzene rings is 1. The number of aromatic nitrogens is 2. The average Bonchev–Trinajstić information content (AvgIpc) is 2.34. The first-order valence-corrected chi connectivity index (χ1v) is 6.61. The molecule has 1 aromatic heterocycles. The third-order valence-electron chi connectivity index (χ3n) is 2.32. The molecule has 0 saturated carbocycles. The van der Waals surface area contributed by atoms with Crippen molar-refractivity contribution in [2.24, 2.45) is 5.73 Å². The van der Waals surface area contributed by atoms with Crippen molar-refractivity contribution in [2.45, 2.75) is 16.5 Å². The number of aromatic amines is 1. The normalized spacial score (nSPS) is 10.6. The van der Waals surface area contributed by atoms with Gasteiger partial charge < -0.3 is 10.7 Å². The van der Waals surface area contributed by atoms with Crippen molar-refractivity contribution in [1.29, 1.82) is 0 Å². The van der Waals surface area contributed by atoms with Crippen molar-refractivity contribution in [3.05, 3.63) is 51.4 Å². The molecule has 0 bridgehead atoms. The Morgan fingerprint density at radius 1 is 1.39 bits per heavy atom. The van der Waals surface area contributed by atoms with Gasteiger partial charge in [-0.05, 0) is 30.7 Å². The second-order valence-electron chi connectivity index (χ2n) is 3.60. The van der Waals surface area contributed by atoms with E-state index in [1.807, 2.05) is 18.2 Å². The van der Waals surface area contributed by atoms with Gasteiger partial charge in [-0.25, -0.2) is 4.98 Å². The van der Waals surface area contributed by atoms with Gasteiger partial charge in [-0.15, -0.1) is 0 Å². The van der Waals surface area contributed by atoms with E-state index in [4.69, 9.17) is 17.3 Å². The third-order valence-corrected chi connectivity index (χ3v) is 3.68. The highest BCUT2D eigenvalue weighted by molar-refractivity contribution is 7.99. The molecule has 0 aliphatic rings. The Balaban J connectivity index is 2.34. The molecule has 0 spiro atoms. The zero-order chi connectivity index (χ0) is 13.0. The summed E-state index contributed by atoms with van der Waals surface area (Å²) in [5, 5.41) is 1.23. The first-order chi connectivity index (χ1) is 8.70. The molecule has 6 heteroatoms. The number of nitrogens with two attached hydrogens (primary N) is 1. The molecule has 3 N–H and O–H groups in total. The van der Waals surface area contributed by atoms with Crippen molar-refractivity contribution in [2.75, 3.05) is 6.54 Å². The lowest BCUT2D eigenvalue weighted by Crippen LogP contribution is -2.06. The molecule has 2 rings (SSSR count). The fourth-order valence-corrected chi connectivity index (χ4v) is 2.81. The lowest BCUT2D eigenvalue weighted by molar-refractivity contribution is 0.923. The summed E-state index contributed by atoms with van der Waals surface area (Å²) < 4.78 is 0. The standard InChI is InChI=1S/C12H12ClN3OS/c13-9-2-1-3-10(8(9)4-6-14)18-12-15-7-5-11(17)16-12/h1-3,5,7H,4,6,14H2,(H,15,16,17). The van der Waals surface area contributed by atoms with Crippen LogP contribution < -0.4 is 11.3 Å². The van der Waals surface area contributed by atoms with E-state index < -0.39 is 0 Å². The van der Waals surface area contributed by atoms with Crippen molar-refractivity contribution in [1.82, 2.24) is 9.97 Å². The van der Waals surface area contributed by atoms with Crippen molar-refractivity contribution >= 4 is 23.4 Å². The van der Waals surface area contributed by atoms with Gasteiger partial charge in [-0.3, -0.25) is 4.79 Å². The smallest absolute Gasteiger partial charge is 0.251 e. The molecule has 0 fully saturated rings. The van der Waals surface area contributed by atoms with Crippen LogP contribution in [0.2, 0.25) is 5.02 Å². The van der Waals surface area contributed by atoms with E-state index >= 15 is 0 Å². The summed E-state index contributed by atoms with van der Waals surface area (Å²) >= 11 is 7.52. The minimum absolute atomic E-state index is 0.171. The van der Waals surface area contributed by atoms with Crippen LogP contribution in [0, 0.1) is 0 Å². The van der Waals surface area contributed by atoms with Crippen LogP contribution in [0.1, 0.15) is 5.56 Å². The molecule has 1 aromatic carbocycles. The molecular weight excluding hydrogens is 270 g/mol. The predicted molar refractivity (Wildman–Crippen MR) is 73.2 cm³/mol. The van der Waals surface area contributed by atoms with E-state index in [1.165, 1.54) is 24.0 Å². The van der Waals surface area contributed by atoms with E-state index in [0.717, 1.165) is 10.5 Å².